The number of ether oxygens (including phenoxy) is 2. The molecule has 1 fully saturated rings. The van der Waals surface area contributed by atoms with E-state index in [-0.39, 0.29) is 0 Å². The van der Waals surface area contributed by atoms with Crippen LogP contribution in [0.15, 0.2) is 18.2 Å². The summed E-state index contributed by atoms with van der Waals surface area (Å²) in [5.41, 5.74) is 6.82. The molecule has 0 heterocycles. The summed E-state index contributed by atoms with van der Waals surface area (Å²) in [5, 5.41) is 0. The highest BCUT2D eigenvalue weighted by atomic mass is 16.5. The number of para-hydroxylation sites is 1. The molecule has 18 heavy (non-hydrogen) atoms. The van der Waals surface area contributed by atoms with Crippen LogP contribution in [0.3, 0.4) is 0 Å². The Bertz CT molecular complexity index is 373. The fraction of sp³-hybridized carbons (Fsp3) is 0.600. The molecular weight excluding hydrogens is 226 g/mol. The van der Waals surface area contributed by atoms with E-state index in [0.29, 0.717) is 19.3 Å². The second kappa shape index (κ2) is 6.64. The first kappa shape index (κ1) is 13.2. The van der Waals surface area contributed by atoms with Crippen molar-refractivity contribution in [3.05, 3.63) is 23.8 Å². The highest BCUT2D eigenvalue weighted by Gasteiger charge is 2.18. The van der Waals surface area contributed by atoms with Crippen molar-refractivity contribution in [2.75, 3.05) is 6.61 Å². The van der Waals surface area contributed by atoms with E-state index in [0.717, 1.165) is 29.9 Å². The molecule has 1 saturated carbocycles. The molecule has 1 aromatic rings. The van der Waals surface area contributed by atoms with Gasteiger partial charge in [0.05, 0.1) is 12.7 Å². The van der Waals surface area contributed by atoms with Crippen LogP contribution >= 0.6 is 0 Å². The molecular formula is C15H23NO2. The summed E-state index contributed by atoms with van der Waals surface area (Å²) in [7, 11) is 0. The molecule has 3 heteroatoms. The minimum absolute atomic E-state index is 0.325. The Balaban J connectivity index is 2.16. The summed E-state index contributed by atoms with van der Waals surface area (Å²) in [6.45, 7) is 3.12. The second-order valence-corrected chi connectivity index (χ2v) is 4.76. The molecule has 0 bridgehead atoms. The van der Waals surface area contributed by atoms with Crippen LogP contribution in [0.2, 0.25) is 0 Å². The van der Waals surface area contributed by atoms with Gasteiger partial charge in [-0.3, -0.25) is 0 Å². The van der Waals surface area contributed by atoms with E-state index in [2.05, 4.69) is 0 Å². The average molecular weight is 249 g/mol. The lowest BCUT2D eigenvalue weighted by Crippen LogP contribution is -2.21. The van der Waals surface area contributed by atoms with Crippen LogP contribution in [-0.4, -0.2) is 12.7 Å². The van der Waals surface area contributed by atoms with Gasteiger partial charge in [-0.05, 0) is 38.7 Å². The van der Waals surface area contributed by atoms with Crippen molar-refractivity contribution in [2.24, 2.45) is 5.73 Å². The van der Waals surface area contributed by atoms with Gasteiger partial charge in [-0.1, -0.05) is 18.6 Å². The maximum absolute atomic E-state index is 6.16. The molecule has 100 valence electrons. The van der Waals surface area contributed by atoms with Gasteiger partial charge in [0.2, 0.25) is 0 Å². The summed E-state index contributed by atoms with van der Waals surface area (Å²) in [6, 6.07) is 5.95. The molecule has 1 aliphatic carbocycles. The standard InChI is InChI=1S/C15H23NO2/c1-2-17-14-10-6-7-12(11-16)15(14)18-13-8-4-3-5-9-13/h6-7,10,13H,2-5,8-9,11,16H2,1H3. The van der Waals surface area contributed by atoms with Crippen LogP contribution in [0.25, 0.3) is 0 Å². The van der Waals surface area contributed by atoms with E-state index in [4.69, 9.17) is 15.2 Å². The molecule has 1 aliphatic rings. The van der Waals surface area contributed by atoms with Crippen LogP contribution in [0.1, 0.15) is 44.6 Å². The number of hydrogen-bond donors (Lipinski definition) is 1. The zero-order valence-electron chi connectivity index (χ0n) is 11.2. The topological polar surface area (TPSA) is 44.5 Å². The lowest BCUT2D eigenvalue weighted by Gasteiger charge is -2.25. The SMILES string of the molecule is CCOc1cccc(CN)c1OC1CCCCC1. The van der Waals surface area contributed by atoms with Gasteiger partial charge in [-0.25, -0.2) is 0 Å². The molecule has 2 N–H and O–H groups in total. The van der Waals surface area contributed by atoms with Crippen molar-refractivity contribution in [1.82, 2.24) is 0 Å². The molecule has 0 unspecified atom stereocenters. The third-order valence-corrected chi connectivity index (χ3v) is 3.42. The van der Waals surface area contributed by atoms with Crippen LogP contribution in [0.5, 0.6) is 11.5 Å². The zero-order chi connectivity index (χ0) is 12.8. The van der Waals surface area contributed by atoms with Crippen molar-refractivity contribution in [3.8, 4) is 11.5 Å². The molecule has 1 aromatic carbocycles. The lowest BCUT2D eigenvalue weighted by molar-refractivity contribution is 0.146. The summed E-state index contributed by atoms with van der Waals surface area (Å²) < 4.78 is 11.8. The van der Waals surface area contributed by atoms with Gasteiger partial charge in [-0.15, -0.1) is 0 Å². The molecule has 0 aliphatic heterocycles. The fourth-order valence-electron chi connectivity index (χ4n) is 2.47. The number of benzene rings is 1. The zero-order valence-corrected chi connectivity index (χ0v) is 11.2. The average Bonchev–Trinajstić information content (AvgIpc) is 2.42. The van der Waals surface area contributed by atoms with Gasteiger partial charge in [-0.2, -0.15) is 0 Å². The van der Waals surface area contributed by atoms with Gasteiger partial charge in [0, 0.05) is 12.1 Å². The molecule has 0 radical (unpaired) electrons. The van der Waals surface area contributed by atoms with Gasteiger partial charge in [0.25, 0.3) is 0 Å². The third kappa shape index (κ3) is 3.16. The van der Waals surface area contributed by atoms with Crippen molar-refractivity contribution in [3.63, 3.8) is 0 Å². The summed E-state index contributed by atoms with van der Waals surface area (Å²) in [4.78, 5) is 0. The molecule has 0 amide bonds. The molecule has 3 nitrogen and oxygen atoms in total. The first-order valence-electron chi connectivity index (χ1n) is 6.96. The van der Waals surface area contributed by atoms with Crippen LogP contribution in [0.4, 0.5) is 0 Å². The summed E-state index contributed by atoms with van der Waals surface area (Å²) in [6.07, 6.45) is 6.47. The summed E-state index contributed by atoms with van der Waals surface area (Å²) >= 11 is 0. The van der Waals surface area contributed by atoms with Gasteiger partial charge in [0.1, 0.15) is 0 Å². The molecule has 0 spiro atoms. The first-order chi connectivity index (χ1) is 8.85. The first-order valence-corrected chi connectivity index (χ1v) is 6.96. The largest absolute Gasteiger partial charge is 0.490 e. The highest BCUT2D eigenvalue weighted by molar-refractivity contribution is 5.46. The van der Waals surface area contributed by atoms with Crippen LogP contribution in [-0.2, 0) is 6.54 Å². The lowest BCUT2D eigenvalue weighted by atomic mass is 9.97. The predicted octanol–water partition coefficient (Wildman–Crippen LogP) is 3.26. The van der Waals surface area contributed by atoms with Crippen molar-refractivity contribution in [2.45, 2.75) is 51.7 Å². The molecule has 0 atom stereocenters. The maximum Gasteiger partial charge on any atom is 0.166 e. The fourth-order valence-corrected chi connectivity index (χ4v) is 2.47. The minimum atomic E-state index is 0.325. The Hall–Kier alpha value is -1.22. The molecule has 2 rings (SSSR count). The van der Waals surface area contributed by atoms with Gasteiger partial charge >= 0.3 is 0 Å². The Morgan fingerprint density at radius 1 is 1.22 bits per heavy atom. The van der Waals surface area contributed by atoms with Crippen LogP contribution < -0.4 is 15.2 Å². The van der Waals surface area contributed by atoms with E-state index in [9.17, 15) is 0 Å². The Kier molecular flexibility index (Phi) is 4.88. The van der Waals surface area contributed by atoms with E-state index in [1.54, 1.807) is 0 Å². The monoisotopic (exact) mass is 249 g/mol. The number of hydrogen-bond acceptors (Lipinski definition) is 3. The van der Waals surface area contributed by atoms with Crippen molar-refractivity contribution >= 4 is 0 Å². The normalized spacial score (nSPS) is 16.6. The highest BCUT2D eigenvalue weighted by Crippen LogP contribution is 2.34. The second-order valence-electron chi connectivity index (χ2n) is 4.76. The number of rotatable bonds is 5. The smallest absolute Gasteiger partial charge is 0.166 e. The van der Waals surface area contributed by atoms with E-state index < -0.39 is 0 Å². The quantitative estimate of drug-likeness (QED) is 0.871. The van der Waals surface area contributed by atoms with Gasteiger partial charge in [0.15, 0.2) is 11.5 Å². The Morgan fingerprint density at radius 3 is 2.67 bits per heavy atom. The summed E-state index contributed by atoms with van der Waals surface area (Å²) in [5.74, 6) is 1.68. The van der Waals surface area contributed by atoms with Crippen molar-refractivity contribution in [1.29, 1.82) is 0 Å². The Morgan fingerprint density at radius 2 is 2.00 bits per heavy atom. The van der Waals surface area contributed by atoms with Crippen LogP contribution in [0, 0.1) is 0 Å². The van der Waals surface area contributed by atoms with Crippen molar-refractivity contribution < 1.29 is 9.47 Å². The third-order valence-electron chi connectivity index (χ3n) is 3.42. The van der Waals surface area contributed by atoms with E-state index >= 15 is 0 Å². The number of nitrogens with two attached hydrogens (primary N) is 1. The van der Waals surface area contributed by atoms with E-state index in [1.807, 2.05) is 25.1 Å². The van der Waals surface area contributed by atoms with Gasteiger partial charge < -0.3 is 15.2 Å². The minimum Gasteiger partial charge on any atom is -0.490 e. The predicted molar refractivity (Wildman–Crippen MR) is 73.0 cm³/mol. The Labute approximate surface area is 109 Å². The maximum atomic E-state index is 6.16. The molecule has 0 saturated heterocycles. The molecule has 0 aromatic heterocycles. The van der Waals surface area contributed by atoms with E-state index in [1.165, 1.54) is 19.3 Å².